The molecule has 2 heterocycles. The molecule has 220 valence electrons. The van der Waals surface area contributed by atoms with Gasteiger partial charge in [-0.2, -0.15) is 16.8 Å². The van der Waals surface area contributed by atoms with E-state index in [1.54, 1.807) is 25.8 Å². The van der Waals surface area contributed by atoms with Gasteiger partial charge in [-0.15, -0.1) is 0 Å². The van der Waals surface area contributed by atoms with Gasteiger partial charge in [-0.25, -0.2) is 4.79 Å². The molecule has 0 bridgehead atoms. The Balaban J connectivity index is 1.43. The summed E-state index contributed by atoms with van der Waals surface area (Å²) in [6.07, 6.45) is -0.340. The zero-order valence-electron chi connectivity index (χ0n) is 23.6. The van der Waals surface area contributed by atoms with Crippen LogP contribution in [0.1, 0.15) is 35.3 Å². The van der Waals surface area contributed by atoms with E-state index >= 15 is 0 Å². The van der Waals surface area contributed by atoms with E-state index in [9.17, 15) is 14.8 Å². The third-order valence-electron chi connectivity index (χ3n) is 7.33. The number of aromatic nitrogens is 1. The molecule has 0 spiro atoms. The molecule has 3 atom stereocenters. The number of thioether (sulfide) groups is 1. The van der Waals surface area contributed by atoms with Gasteiger partial charge in [0.2, 0.25) is 0 Å². The molecule has 0 aliphatic carbocycles. The normalized spacial score (nSPS) is 17.3. The molecular formula is C32H35N3O6S. The van der Waals surface area contributed by atoms with Crippen LogP contribution >= 0.6 is 11.8 Å². The van der Waals surface area contributed by atoms with Crippen LogP contribution in [0, 0.1) is 0 Å². The molecule has 3 aromatic carbocycles. The number of hydrogen-bond acceptors (Lipinski definition) is 8. The van der Waals surface area contributed by atoms with Crippen LogP contribution in [0.25, 0.3) is 10.9 Å². The Kier molecular flexibility index (Phi) is 9.68. The van der Waals surface area contributed by atoms with Crippen molar-refractivity contribution in [2.45, 2.75) is 43.8 Å². The monoisotopic (exact) mass is 589 g/mol. The molecule has 1 aliphatic heterocycles. The number of alkyl carbamates (subject to hydrolysis) is 1. The summed E-state index contributed by atoms with van der Waals surface area (Å²) < 4.78 is 16.2. The zero-order valence-corrected chi connectivity index (χ0v) is 24.4. The minimum absolute atomic E-state index is 0.106. The van der Waals surface area contributed by atoms with Crippen LogP contribution in [0.5, 0.6) is 5.75 Å². The van der Waals surface area contributed by atoms with Crippen molar-refractivity contribution < 1.29 is 29.0 Å². The Bertz CT molecular complexity index is 1490. The van der Waals surface area contributed by atoms with Gasteiger partial charge in [-0.1, -0.05) is 60.7 Å². The quantitative estimate of drug-likeness (QED) is 0.193. The Hall–Kier alpha value is -3.99. The zero-order chi connectivity index (χ0) is 29.5. The molecule has 10 heteroatoms. The minimum Gasteiger partial charge on any atom is -0.497 e. The molecule has 0 radical (unpaired) electrons. The van der Waals surface area contributed by atoms with E-state index in [-0.39, 0.29) is 19.6 Å². The van der Waals surface area contributed by atoms with Crippen molar-refractivity contribution in [2.24, 2.45) is 0 Å². The second-order valence-electron chi connectivity index (χ2n) is 10.0. The molecule has 1 aromatic heterocycles. The molecule has 0 unspecified atom stereocenters. The van der Waals surface area contributed by atoms with Crippen LogP contribution < -0.4 is 10.1 Å². The lowest BCUT2D eigenvalue weighted by Crippen LogP contribution is -2.55. The number of carbonyl (C=O) groups excluding carboxylic acids is 2. The van der Waals surface area contributed by atoms with Gasteiger partial charge >= 0.3 is 12.1 Å². The number of nitrogens with zero attached hydrogens (tertiary/aromatic N) is 1. The standard InChI is InChI=1S/C32H35N3O6S/c1-3-40-31(36)28-17-25-24-11-7-8-12-26(24)33-29(25)30(35(28)38)27(20-42-19-22-13-15-23(39-2)16-14-22)34-32(37)41-18-21-9-5-4-6-10-21/h4-16,27-28,30,33,38H,3,17-20H2,1-2H3,(H,34,37)/t27-,28+,30-/m0/s1. The van der Waals surface area contributed by atoms with E-state index in [1.807, 2.05) is 78.9 Å². The Morgan fingerprint density at radius 2 is 1.76 bits per heavy atom. The maximum Gasteiger partial charge on any atom is 0.407 e. The van der Waals surface area contributed by atoms with Gasteiger partial charge in [-0.3, -0.25) is 4.79 Å². The fourth-order valence-electron chi connectivity index (χ4n) is 5.28. The van der Waals surface area contributed by atoms with Crippen LogP contribution in [0.3, 0.4) is 0 Å². The predicted molar refractivity (Wildman–Crippen MR) is 161 cm³/mol. The number of amides is 1. The van der Waals surface area contributed by atoms with E-state index < -0.39 is 30.2 Å². The topological polar surface area (TPSA) is 113 Å². The third-order valence-corrected chi connectivity index (χ3v) is 8.46. The molecule has 1 amide bonds. The van der Waals surface area contributed by atoms with Crippen molar-refractivity contribution in [3.8, 4) is 5.75 Å². The fraction of sp³-hybridized carbons (Fsp3) is 0.312. The first kappa shape index (κ1) is 29.5. The molecule has 42 heavy (non-hydrogen) atoms. The SMILES string of the molecule is CCOC(=O)[C@H]1Cc2c([nH]c3ccccc23)[C@H]([C@H](CSCc2ccc(OC)cc2)NC(=O)OCc2ccccc2)N1O. The largest absolute Gasteiger partial charge is 0.497 e. The van der Waals surface area contributed by atoms with E-state index in [4.69, 9.17) is 14.2 Å². The van der Waals surface area contributed by atoms with Gasteiger partial charge in [-0.05, 0) is 41.8 Å². The Morgan fingerprint density at radius 1 is 1.02 bits per heavy atom. The maximum atomic E-state index is 13.1. The molecular weight excluding hydrogens is 554 g/mol. The number of ether oxygens (including phenoxy) is 3. The van der Waals surface area contributed by atoms with Gasteiger partial charge in [0.05, 0.1) is 25.8 Å². The summed E-state index contributed by atoms with van der Waals surface area (Å²) in [5.41, 5.74) is 4.51. The number of nitrogens with one attached hydrogen (secondary N) is 2. The summed E-state index contributed by atoms with van der Waals surface area (Å²) in [4.78, 5) is 29.6. The molecule has 5 rings (SSSR count). The van der Waals surface area contributed by atoms with Crippen molar-refractivity contribution in [2.75, 3.05) is 19.5 Å². The fourth-order valence-corrected chi connectivity index (χ4v) is 6.34. The van der Waals surface area contributed by atoms with Crippen LogP contribution in [-0.2, 0) is 33.0 Å². The molecule has 0 saturated heterocycles. The lowest BCUT2D eigenvalue weighted by Gasteiger charge is -2.40. The van der Waals surface area contributed by atoms with Crippen molar-refractivity contribution in [1.29, 1.82) is 0 Å². The average Bonchev–Trinajstić information content (AvgIpc) is 3.38. The van der Waals surface area contributed by atoms with Crippen LogP contribution in [0.2, 0.25) is 0 Å². The van der Waals surface area contributed by atoms with Gasteiger partial charge in [0.15, 0.2) is 0 Å². The van der Waals surface area contributed by atoms with Gasteiger partial charge in [0.25, 0.3) is 0 Å². The number of carbonyl (C=O) groups is 2. The summed E-state index contributed by atoms with van der Waals surface area (Å²) in [6, 6.07) is 22.7. The number of para-hydroxylation sites is 1. The number of aromatic amines is 1. The number of fused-ring (bicyclic) bond motifs is 3. The second kappa shape index (κ2) is 13.8. The number of H-pyrrole nitrogens is 1. The Labute approximate surface area is 249 Å². The number of esters is 1. The minimum atomic E-state index is -0.933. The van der Waals surface area contributed by atoms with Crippen LogP contribution in [0.4, 0.5) is 4.79 Å². The average molecular weight is 590 g/mol. The van der Waals surface area contributed by atoms with Crippen molar-refractivity contribution in [3.05, 3.63) is 101 Å². The Morgan fingerprint density at radius 3 is 2.50 bits per heavy atom. The number of hydroxylamine groups is 2. The van der Waals surface area contributed by atoms with E-state index in [0.717, 1.165) is 44.1 Å². The molecule has 0 fully saturated rings. The highest BCUT2D eigenvalue weighted by Crippen LogP contribution is 2.39. The van der Waals surface area contributed by atoms with Gasteiger partial charge in [0.1, 0.15) is 18.4 Å². The first-order valence-corrected chi connectivity index (χ1v) is 15.0. The second-order valence-corrected chi connectivity index (χ2v) is 11.1. The third kappa shape index (κ3) is 6.73. The first-order chi connectivity index (χ1) is 20.5. The van der Waals surface area contributed by atoms with Crippen molar-refractivity contribution in [3.63, 3.8) is 0 Å². The highest BCUT2D eigenvalue weighted by Gasteiger charge is 2.44. The van der Waals surface area contributed by atoms with E-state index in [1.165, 1.54) is 0 Å². The van der Waals surface area contributed by atoms with Crippen LogP contribution in [-0.4, -0.2) is 58.9 Å². The smallest absolute Gasteiger partial charge is 0.407 e. The van der Waals surface area contributed by atoms with Gasteiger partial charge < -0.3 is 29.7 Å². The molecule has 0 saturated carbocycles. The molecule has 4 aromatic rings. The van der Waals surface area contributed by atoms with Gasteiger partial charge in [0, 0.05) is 34.5 Å². The highest BCUT2D eigenvalue weighted by molar-refractivity contribution is 7.98. The first-order valence-electron chi connectivity index (χ1n) is 13.9. The number of methoxy groups -OCH3 is 1. The maximum absolute atomic E-state index is 13.1. The van der Waals surface area contributed by atoms with Crippen molar-refractivity contribution >= 4 is 34.7 Å². The molecule has 3 N–H and O–H groups in total. The summed E-state index contributed by atoms with van der Waals surface area (Å²) in [6.45, 7) is 2.04. The summed E-state index contributed by atoms with van der Waals surface area (Å²) in [7, 11) is 1.63. The molecule has 9 nitrogen and oxygen atoms in total. The summed E-state index contributed by atoms with van der Waals surface area (Å²) >= 11 is 1.60. The highest BCUT2D eigenvalue weighted by atomic mass is 32.2. The van der Waals surface area contributed by atoms with Crippen LogP contribution in [0.15, 0.2) is 78.9 Å². The lowest BCUT2D eigenvalue weighted by molar-refractivity contribution is -0.196. The summed E-state index contributed by atoms with van der Waals surface area (Å²) in [5, 5.41) is 16.6. The number of rotatable bonds is 11. The number of hydrogen-bond donors (Lipinski definition) is 3. The lowest BCUT2D eigenvalue weighted by atomic mass is 9.90. The van der Waals surface area contributed by atoms with Crippen molar-refractivity contribution in [1.82, 2.24) is 15.4 Å². The predicted octanol–water partition coefficient (Wildman–Crippen LogP) is 5.63. The van der Waals surface area contributed by atoms with E-state index in [2.05, 4.69) is 10.3 Å². The number of benzene rings is 3. The molecule has 1 aliphatic rings. The summed E-state index contributed by atoms with van der Waals surface area (Å²) in [5.74, 6) is 1.36. The van der Waals surface area contributed by atoms with E-state index in [0.29, 0.717) is 11.5 Å².